The summed E-state index contributed by atoms with van der Waals surface area (Å²) >= 11 is 0. The Kier molecular flexibility index (Phi) is 59.6. The maximum atomic E-state index is 13.0. The Morgan fingerprint density at radius 2 is 0.471 bits per heavy atom. The minimum absolute atomic E-state index is 0.106. The molecule has 0 aromatic heterocycles. The maximum absolute atomic E-state index is 13.0. The normalized spacial score (nSPS) is 14.1. The summed E-state index contributed by atoms with van der Waals surface area (Å²) in [5.41, 5.74) is 0. The van der Waals surface area contributed by atoms with E-state index in [1.54, 1.807) is 0 Å². The molecule has 0 aromatic carbocycles. The van der Waals surface area contributed by atoms with Crippen LogP contribution in [-0.2, 0) is 65.4 Å². The molecule has 19 heteroatoms. The second kappa shape index (κ2) is 60.9. The Morgan fingerprint density at radius 1 is 0.282 bits per heavy atom. The van der Waals surface area contributed by atoms with Crippen LogP contribution in [0.15, 0.2) is 0 Å². The Hall–Kier alpha value is -1.94. The minimum Gasteiger partial charge on any atom is -0.462 e. The largest absolute Gasteiger partial charge is 0.472 e. The number of carbonyl (C=O) groups excluding carboxylic acids is 4. The van der Waals surface area contributed by atoms with Crippen molar-refractivity contribution in [2.45, 2.75) is 361 Å². The molecule has 0 rings (SSSR count). The predicted molar refractivity (Wildman–Crippen MR) is 340 cm³/mol. The molecule has 5 atom stereocenters. The number of ether oxygens (including phenoxy) is 4. The van der Waals surface area contributed by atoms with Crippen molar-refractivity contribution in [3.63, 3.8) is 0 Å². The van der Waals surface area contributed by atoms with Crippen LogP contribution >= 0.6 is 15.6 Å². The molecule has 85 heavy (non-hydrogen) atoms. The van der Waals surface area contributed by atoms with Crippen LogP contribution in [0.1, 0.15) is 342 Å². The monoisotopic (exact) mass is 1250 g/mol. The molecule has 504 valence electrons. The summed E-state index contributed by atoms with van der Waals surface area (Å²) in [6.07, 6.45) is 47.5. The number of aliphatic hydroxyl groups excluding tert-OH is 1. The molecule has 0 aromatic rings. The Balaban J connectivity index is 5.15. The van der Waals surface area contributed by atoms with Gasteiger partial charge in [0, 0.05) is 25.7 Å². The number of hydrogen-bond acceptors (Lipinski definition) is 15. The first-order chi connectivity index (χ1) is 41.2. The van der Waals surface area contributed by atoms with Gasteiger partial charge in [0.25, 0.3) is 0 Å². The molecule has 3 N–H and O–H groups in total. The molecule has 0 aliphatic carbocycles. The van der Waals surface area contributed by atoms with Crippen molar-refractivity contribution >= 4 is 39.5 Å². The van der Waals surface area contributed by atoms with Crippen molar-refractivity contribution in [2.24, 2.45) is 0 Å². The molecular formula is C66H128O17P2. The van der Waals surface area contributed by atoms with E-state index in [4.69, 9.17) is 37.0 Å². The van der Waals surface area contributed by atoms with Crippen LogP contribution in [0.5, 0.6) is 0 Å². The fourth-order valence-electron chi connectivity index (χ4n) is 9.99. The second-order valence-corrected chi connectivity index (χ2v) is 26.8. The van der Waals surface area contributed by atoms with E-state index >= 15 is 0 Å². The van der Waals surface area contributed by atoms with Gasteiger partial charge >= 0.3 is 39.5 Å². The molecule has 0 fully saturated rings. The molecule has 0 radical (unpaired) electrons. The van der Waals surface area contributed by atoms with Crippen molar-refractivity contribution in [1.29, 1.82) is 0 Å². The standard InChI is InChI=1S/C66H128O17P2/c1-5-9-13-17-20-23-26-28-29-30-31-33-35-38-41-45-49-53-66(71)83-62(57-77-64(69)51-47-43-39-37-34-32-27-24-21-18-14-10-6-2)59-81-85(74,75)79-55-60(67)54-78-84(72,73)80-58-61(56-76-63(68)50-46-42-16-12-8-4)82-65(70)52-48-44-40-36-25-22-19-15-11-7-3/h60-62,67H,5-59H2,1-4H3,(H,72,73)(H,74,75)/t60-,61+,62+/m0/s1. The van der Waals surface area contributed by atoms with Crippen LogP contribution in [0.4, 0.5) is 0 Å². The highest BCUT2D eigenvalue weighted by molar-refractivity contribution is 7.47. The topological polar surface area (TPSA) is 237 Å². The summed E-state index contributed by atoms with van der Waals surface area (Å²) in [4.78, 5) is 72.0. The molecular weight excluding hydrogens is 1130 g/mol. The Bertz CT molecular complexity index is 1640. The fourth-order valence-corrected chi connectivity index (χ4v) is 11.6. The first-order valence-electron chi connectivity index (χ1n) is 34.8. The number of phosphoric acid groups is 2. The first kappa shape index (κ1) is 83.1. The molecule has 0 aliphatic rings. The van der Waals surface area contributed by atoms with Gasteiger partial charge in [-0.15, -0.1) is 0 Å². The van der Waals surface area contributed by atoms with Crippen LogP contribution in [-0.4, -0.2) is 96.7 Å². The zero-order valence-corrected chi connectivity index (χ0v) is 56.4. The van der Waals surface area contributed by atoms with Crippen LogP contribution in [0, 0.1) is 0 Å². The summed E-state index contributed by atoms with van der Waals surface area (Å²) < 4.78 is 67.9. The van der Waals surface area contributed by atoms with Crippen LogP contribution < -0.4 is 0 Å². The van der Waals surface area contributed by atoms with Gasteiger partial charge in [0.2, 0.25) is 0 Å². The van der Waals surface area contributed by atoms with Crippen LogP contribution in [0.25, 0.3) is 0 Å². The number of unbranched alkanes of at least 4 members (excludes halogenated alkanes) is 41. The van der Waals surface area contributed by atoms with Gasteiger partial charge in [0.15, 0.2) is 12.2 Å². The number of aliphatic hydroxyl groups is 1. The molecule has 2 unspecified atom stereocenters. The molecule has 0 aliphatic heterocycles. The van der Waals surface area contributed by atoms with Crippen LogP contribution in [0.2, 0.25) is 0 Å². The van der Waals surface area contributed by atoms with Gasteiger partial charge in [0.05, 0.1) is 26.4 Å². The van der Waals surface area contributed by atoms with E-state index in [0.29, 0.717) is 25.7 Å². The number of phosphoric ester groups is 2. The van der Waals surface area contributed by atoms with Crippen molar-refractivity contribution in [1.82, 2.24) is 0 Å². The maximum Gasteiger partial charge on any atom is 0.472 e. The van der Waals surface area contributed by atoms with E-state index in [0.717, 1.165) is 96.3 Å². The van der Waals surface area contributed by atoms with Crippen molar-refractivity contribution in [2.75, 3.05) is 39.6 Å². The average molecular weight is 1260 g/mol. The minimum atomic E-state index is -4.94. The van der Waals surface area contributed by atoms with Gasteiger partial charge < -0.3 is 33.8 Å². The zero-order chi connectivity index (χ0) is 62.6. The number of hydrogen-bond donors (Lipinski definition) is 3. The van der Waals surface area contributed by atoms with Gasteiger partial charge in [-0.3, -0.25) is 37.3 Å². The summed E-state index contributed by atoms with van der Waals surface area (Å²) in [5.74, 6) is -2.14. The van der Waals surface area contributed by atoms with Crippen molar-refractivity contribution in [3.05, 3.63) is 0 Å². The predicted octanol–water partition coefficient (Wildman–Crippen LogP) is 18.7. The van der Waals surface area contributed by atoms with Crippen molar-refractivity contribution < 1.29 is 80.2 Å². The summed E-state index contributed by atoms with van der Waals surface area (Å²) in [7, 11) is -9.88. The third-order valence-corrected chi connectivity index (χ3v) is 17.3. The number of carbonyl (C=O) groups is 4. The molecule has 0 amide bonds. The van der Waals surface area contributed by atoms with Gasteiger partial charge in [-0.05, 0) is 25.7 Å². The quantitative estimate of drug-likeness (QED) is 0.0222. The molecule has 17 nitrogen and oxygen atoms in total. The molecule has 0 bridgehead atoms. The first-order valence-corrected chi connectivity index (χ1v) is 37.8. The van der Waals surface area contributed by atoms with E-state index in [1.807, 2.05) is 0 Å². The summed E-state index contributed by atoms with van der Waals surface area (Å²) in [6.45, 7) is 4.82. The van der Waals surface area contributed by atoms with Gasteiger partial charge in [-0.2, -0.15) is 0 Å². The second-order valence-electron chi connectivity index (χ2n) is 23.9. The summed E-state index contributed by atoms with van der Waals surface area (Å²) in [5, 5.41) is 10.5. The van der Waals surface area contributed by atoms with E-state index in [2.05, 4.69) is 27.7 Å². The average Bonchev–Trinajstić information content (AvgIpc) is 3.53. The third kappa shape index (κ3) is 60.7. The highest BCUT2D eigenvalue weighted by Crippen LogP contribution is 2.45. The highest BCUT2D eigenvalue weighted by atomic mass is 31.2. The Morgan fingerprint density at radius 3 is 0.694 bits per heavy atom. The van der Waals surface area contributed by atoms with E-state index in [-0.39, 0.29) is 25.7 Å². The van der Waals surface area contributed by atoms with Crippen LogP contribution in [0.3, 0.4) is 0 Å². The molecule has 0 heterocycles. The summed E-state index contributed by atoms with van der Waals surface area (Å²) in [6, 6.07) is 0. The SMILES string of the molecule is CCCCCCCCCCCCCCCCCCCC(=O)O[C@H](COC(=O)CCCCCCCCCCCCCCC)COP(=O)(O)OC[C@@H](O)COP(=O)(O)OC[C@@H](COC(=O)CCCCCCC)OC(=O)CCCCCCCCCCCC. The smallest absolute Gasteiger partial charge is 0.462 e. The van der Waals surface area contributed by atoms with E-state index < -0.39 is 97.5 Å². The lowest BCUT2D eigenvalue weighted by Crippen LogP contribution is -2.30. The van der Waals surface area contributed by atoms with Gasteiger partial charge in [-0.25, -0.2) is 9.13 Å². The lowest BCUT2D eigenvalue weighted by atomic mass is 10.0. The van der Waals surface area contributed by atoms with E-state index in [1.165, 1.54) is 167 Å². The zero-order valence-electron chi connectivity index (χ0n) is 54.6. The number of esters is 4. The fraction of sp³-hybridized carbons (Fsp3) is 0.939. The van der Waals surface area contributed by atoms with E-state index in [9.17, 15) is 43.2 Å². The Labute approximate surface area is 517 Å². The van der Waals surface area contributed by atoms with Crippen molar-refractivity contribution in [3.8, 4) is 0 Å². The highest BCUT2D eigenvalue weighted by Gasteiger charge is 2.30. The molecule has 0 saturated carbocycles. The molecule has 0 spiro atoms. The lowest BCUT2D eigenvalue weighted by molar-refractivity contribution is -0.161. The third-order valence-electron chi connectivity index (χ3n) is 15.4. The van der Waals surface area contributed by atoms with Gasteiger partial charge in [-0.1, -0.05) is 291 Å². The van der Waals surface area contributed by atoms with Gasteiger partial charge in [0.1, 0.15) is 19.3 Å². The molecule has 0 saturated heterocycles. The lowest BCUT2D eigenvalue weighted by Gasteiger charge is -2.21. The number of rotatable bonds is 67.